The summed E-state index contributed by atoms with van der Waals surface area (Å²) in [6.07, 6.45) is 0. The minimum atomic E-state index is -0.615. The molecule has 2 rings (SSSR count). The molecule has 18 heavy (non-hydrogen) atoms. The summed E-state index contributed by atoms with van der Waals surface area (Å²) >= 11 is 5.85. The molecular formula is C11H11ClN4O2. The molecule has 0 amide bonds. The van der Waals surface area contributed by atoms with Gasteiger partial charge in [-0.2, -0.15) is 0 Å². The van der Waals surface area contributed by atoms with Crippen molar-refractivity contribution in [3.05, 3.63) is 50.1 Å². The summed E-state index contributed by atoms with van der Waals surface area (Å²) in [5.74, 6) is -0.0923. The number of rotatable bonds is 1. The molecule has 6 nitrogen and oxygen atoms in total. The lowest BCUT2D eigenvalue weighted by Gasteiger charge is -2.12. The highest BCUT2D eigenvalue weighted by molar-refractivity contribution is 6.30. The van der Waals surface area contributed by atoms with Crippen molar-refractivity contribution in [2.75, 3.05) is 11.5 Å². The summed E-state index contributed by atoms with van der Waals surface area (Å²) in [5.41, 5.74) is 10.4. The molecule has 1 aromatic heterocycles. The van der Waals surface area contributed by atoms with Crippen molar-refractivity contribution in [2.45, 2.75) is 0 Å². The molecule has 2 aromatic rings. The maximum atomic E-state index is 12.0. The fourth-order valence-electron chi connectivity index (χ4n) is 1.62. The van der Waals surface area contributed by atoms with Crippen LogP contribution in [0.5, 0.6) is 0 Å². The largest absolute Gasteiger partial charge is 0.391 e. The van der Waals surface area contributed by atoms with E-state index in [1.807, 2.05) is 0 Å². The highest BCUT2D eigenvalue weighted by Crippen LogP contribution is 2.17. The Morgan fingerprint density at radius 3 is 2.50 bits per heavy atom. The number of nitrogens with two attached hydrogens (primary N) is 2. The van der Waals surface area contributed by atoms with Gasteiger partial charge in [0.05, 0.1) is 5.69 Å². The topological polar surface area (TPSA) is 96.0 Å². The zero-order valence-corrected chi connectivity index (χ0v) is 10.3. The van der Waals surface area contributed by atoms with E-state index in [-0.39, 0.29) is 11.5 Å². The minimum absolute atomic E-state index is 0.0923. The fraction of sp³-hybridized carbons (Fsp3) is 0.0909. The molecule has 1 aromatic carbocycles. The van der Waals surface area contributed by atoms with Crippen LogP contribution in [0.4, 0.5) is 11.5 Å². The van der Waals surface area contributed by atoms with Crippen LogP contribution in [0.15, 0.2) is 33.9 Å². The summed E-state index contributed by atoms with van der Waals surface area (Å²) in [4.78, 5) is 23.6. The lowest BCUT2D eigenvalue weighted by Crippen LogP contribution is -2.40. The Bertz CT molecular complexity index is 733. The number of nitrogens with zero attached hydrogens (tertiary/aromatic N) is 2. The van der Waals surface area contributed by atoms with Crippen LogP contribution in [0.25, 0.3) is 5.69 Å². The van der Waals surface area contributed by atoms with Crippen LogP contribution in [-0.2, 0) is 7.05 Å². The molecule has 0 atom stereocenters. The summed E-state index contributed by atoms with van der Waals surface area (Å²) in [7, 11) is 1.33. The molecule has 4 N–H and O–H groups in total. The van der Waals surface area contributed by atoms with E-state index in [0.29, 0.717) is 10.7 Å². The van der Waals surface area contributed by atoms with E-state index >= 15 is 0 Å². The standard InChI is InChI=1S/C11H11ClN4O2/c1-15-10(17)8(13)9(14)16(11(15)18)7-4-2-3-6(12)5-7/h2-5H,13-14H2,1H3. The van der Waals surface area contributed by atoms with Crippen LogP contribution in [0.2, 0.25) is 5.02 Å². The van der Waals surface area contributed by atoms with Gasteiger partial charge in [0.1, 0.15) is 11.5 Å². The number of anilines is 2. The highest BCUT2D eigenvalue weighted by Gasteiger charge is 2.13. The van der Waals surface area contributed by atoms with Crippen molar-refractivity contribution < 1.29 is 0 Å². The Morgan fingerprint density at radius 2 is 1.89 bits per heavy atom. The quantitative estimate of drug-likeness (QED) is 0.779. The van der Waals surface area contributed by atoms with Crippen molar-refractivity contribution in [2.24, 2.45) is 7.05 Å². The second kappa shape index (κ2) is 4.23. The van der Waals surface area contributed by atoms with Crippen LogP contribution in [0, 0.1) is 0 Å². The predicted molar refractivity (Wildman–Crippen MR) is 71.1 cm³/mol. The van der Waals surface area contributed by atoms with Gasteiger partial charge in [-0.15, -0.1) is 0 Å². The second-order valence-electron chi connectivity index (χ2n) is 3.76. The smallest absolute Gasteiger partial charge is 0.337 e. The van der Waals surface area contributed by atoms with Crippen molar-refractivity contribution in [1.82, 2.24) is 9.13 Å². The second-order valence-corrected chi connectivity index (χ2v) is 4.20. The van der Waals surface area contributed by atoms with Gasteiger partial charge in [0.25, 0.3) is 5.56 Å². The van der Waals surface area contributed by atoms with E-state index in [1.165, 1.54) is 7.05 Å². The molecule has 0 fully saturated rings. The molecule has 0 aliphatic rings. The molecule has 0 aliphatic heterocycles. The normalized spacial score (nSPS) is 10.6. The van der Waals surface area contributed by atoms with Crippen LogP contribution < -0.4 is 22.7 Å². The average molecular weight is 267 g/mol. The molecule has 0 spiro atoms. The van der Waals surface area contributed by atoms with Gasteiger partial charge in [-0.25, -0.2) is 9.36 Å². The predicted octanol–water partition coefficient (Wildman–Crippen LogP) is 0.354. The van der Waals surface area contributed by atoms with E-state index in [1.54, 1.807) is 24.3 Å². The van der Waals surface area contributed by atoms with E-state index in [4.69, 9.17) is 23.1 Å². The fourth-order valence-corrected chi connectivity index (χ4v) is 1.80. The van der Waals surface area contributed by atoms with Crippen molar-refractivity contribution >= 4 is 23.1 Å². The van der Waals surface area contributed by atoms with Crippen molar-refractivity contribution in [1.29, 1.82) is 0 Å². The maximum absolute atomic E-state index is 12.0. The van der Waals surface area contributed by atoms with Gasteiger partial charge in [0, 0.05) is 12.1 Å². The van der Waals surface area contributed by atoms with Gasteiger partial charge in [0.15, 0.2) is 0 Å². The zero-order valence-electron chi connectivity index (χ0n) is 9.55. The first-order valence-corrected chi connectivity index (χ1v) is 5.44. The number of nitrogen functional groups attached to an aromatic ring is 2. The molecule has 0 radical (unpaired) electrons. The number of halogens is 1. The molecule has 0 unspecified atom stereocenters. The molecule has 0 bridgehead atoms. The molecule has 0 saturated heterocycles. The lowest BCUT2D eigenvalue weighted by atomic mass is 10.3. The molecule has 0 aliphatic carbocycles. The summed E-state index contributed by atoms with van der Waals surface area (Å²) in [5, 5.41) is 0.450. The molecule has 0 saturated carbocycles. The molecule has 1 heterocycles. The third-order valence-electron chi connectivity index (χ3n) is 2.60. The van der Waals surface area contributed by atoms with Gasteiger partial charge in [-0.1, -0.05) is 17.7 Å². The first-order chi connectivity index (χ1) is 8.43. The number of hydrogen-bond donors (Lipinski definition) is 2. The van der Waals surface area contributed by atoms with E-state index in [9.17, 15) is 9.59 Å². The van der Waals surface area contributed by atoms with Gasteiger partial charge >= 0.3 is 5.69 Å². The summed E-state index contributed by atoms with van der Waals surface area (Å²) in [6, 6.07) is 6.54. The van der Waals surface area contributed by atoms with Crippen LogP contribution in [0.3, 0.4) is 0 Å². The minimum Gasteiger partial charge on any atom is -0.391 e. The van der Waals surface area contributed by atoms with Gasteiger partial charge in [0.2, 0.25) is 0 Å². The van der Waals surface area contributed by atoms with Crippen molar-refractivity contribution in [3.63, 3.8) is 0 Å². The van der Waals surface area contributed by atoms with Crippen LogP contribution in [-0.4, -0.2) is 9.13 Å². The zero-order chi connectivity index (χ0) is 13.4. The number of hydrogen-bond acceptors (Lipinski definition) is 4. The lowest BCUT2D eigenvalue weighted by molar-refractivity contribution is 0.739. The van der Waals surface area contributed by atoms with Gasteiger partial charge < -0.3 is 11.5 Å². The van der Waals surface area contributed by atoms with Crippen LogP contribution in [0.1, 0.15) is 0 Å². The molecule has 94 valence electrons. The SMILES string of the molecule is Cn1c(=O)c(N)c(N)n(-c2cccc(Cl)c2)c1=O. The first kappa shape index (κ1) is 12.3. The van der Waals surface area contributed by atoms with E-state index in [0.717, 1.165) is 9.13 Å². The Hall–Kier alpha value is -2.21. The average Bonchev–Trinajstić information content (AvgIpc) is 2.34. The van der Waals surface area contributed by atoms with Gasteiger partial charge in [-0.3, -0.25) is 9.36 Å². The number of benzene rings is 1. The molecular weight excluding hydrogens is 256 g/mol. The van der Waals surface area contributed by atoms with E-state index in [2.05, 4.69) is 0 Å². The monoisotopic (exact) mass is 266 g/mol. The van der Waals surface area contributed by atoms with E-state index < -0.39 is 11.2 Å². The van der Waals surface area contributed by atoms with Crippen molar-refractivity contribution in [3.8, 4) is 5.69 Å². The third kappa shape index (κ3) is 1.76. The maximum Gasteiger partial charge on any atom is 0.337 e. The summed E-state index contributed by atoms with van der Waals surface area (Å²) < 4.78 is 2.04. The Balaban J connectivity index is 2.89. The molecule has 7 heteroatoms. The summed E-state index contributed by atoms with van der Waals surface area (Å²) in [6.45, 7) is 0. The first-order valence-electron chi connectivity index (χ1n) is 5.06. The highest BCUT2D eigenvalue weighted by atomic mass is 35.5. The number of aromatic nitrogens is 2. The Labute approximate surface area is 107 Å². The third-order valence-corrected chi connectivity index (χ3v) is 2.83. The van der Waals surface area contributed by atoms with Crippen LogP contribution >= 0.6 is 11.6 Å². The Kier molecular flexibility index (Phi) is 2.88. The Morgan fingerprint density at radius 1 is 1.22 bits per heavy atom. The van der Waals surface area contributed by atoms with Gasteiger partial charge in [-0.05, 0) is 18.2 Å².